The maximum absolute atomic E-state index is 6.19. The number of halogens is 2. The van der Waals surface area contributed by atoms with Gasteiger partial charge in [-0.05, 0) is 32.0 Å². The summed E-state index contributed by atoms with van der Waals surface area (Å²) in [5, 5.41) is 4.69. The van der Waals surface area contributed by atoms with E-state index in [1.165, 1.54) is 38.5 Å². The molecule has 0 amide bonds. The standard InChI is InChI=1S/C17H27Cl2NO/c1-3-5-6-7-8-9-10-20-13-14-11-15(18)12-16(19)17(14)21-4-2/h11-12,20H,3-10,13H2,1-2H3. The lowest BCUT2D eigenvalue weighted by Gasteiger charge is -2.13. The molecule has 0 aliphatic carbocycles. The largest absolute Gasteiger partial charge is 0.492 e. The summed E-state index contributed by atoms with van der Waals surface area (Å²) < 4.78 is 5.61. The third-order valence-corrected chi connectivity index (χ3v) is 3.90. The smallest absolute Gasteiger partial charge is 0.142 e. The van der Waals surface area contributed by atoms with Gasteiger partial charge in [-0.15, -0.1) is 0 Å². The minimum atomic E-state index is 0.584. The van der Waals surface area contributed by atoms with Crippen LogP contribution in [0.5, 0.6) is 5.75 Å². The quantitative estimate of drug-likeness (QED) is 0.514. The zero-order valence-corrected chi connectivity index (χ0v) is 14.7. The van der Waals surface area contributed by atoms with Gasteiger partial charge in [-0.25, -0.2) is 0 Å². The van der Waals surface area contributed by atoms with E-state index in [-0.39, 0.29) is 0 Å². The van der Waals surface area contributed by atoms with E-state index >= 15 is 0 Å². The Morgan fingerprint density at radius 1 is 1.00 bits per heavy atom. The number of ether oxygens (including phenoxy) is 1. The molecule has 0 spiro atoms. The second-order valence-corrected chi connectivity index (χ2v) is 6.10. The fourth-order valence-corrected chi connectivity index (χ4v) is 2.89. The van der Waals surface area contributed by atoms with Crippen LogP contribution < -0.4 is 10.1 Å². The van der Waals surface area contributed by atoms with Crippen molar-refractivity contribution in [1.29, 1.82) is 0 Å². The number of hydrogen-bond acceptors (Lipinski definition) is 2. The molecule has 1 rings (SSSR count). The average molecular weight is 332 g/mol. The summed E-state index contributed by atoms with van der Waals surface area (Å²) in [6.07, 6.45) is 7.85. The molecule has 0 bridgehead atoms. The molecule has 0 unspecified atom stereocenters. The van der Waals surface area contributed by atoms with E-state index in [1.54, 1.807) is 6.07 Å². The summed E-state index contributed by atoms with van der Waals surface area (Å²) in [5.74, 6) is 0.749. The summed E-state index contributed by atoms with van der Waals surface area (Å²) in [6.45, 7) is 6.56. The molecule has 0 saturated carbocycles. The molecular formula is C17H27Cl2NO. The molecular weight excluding hydrogens is 305 g/mol. The van der Waals surface area contributed by atoms with Crippen molar-refractivity contribution in [3.8, 4) is 5.75 Å². The van der Waals surface area contributed by atoms with Crippen LogP contribution in [-0.4, -0.2) is 13.2 Å². The topological polar surface area (TPSA) is 21.3 Å². The van der Waals surface area contributed by atoms with Crippen molar-refractivity contribution >= 4 is 23.2 Å². The summed E-state index contributed by atoms with van der Waals surface area (Å²) in [5.41, 5.74) is 1.03. The molecule has 0 heterocycles. The predicted molar refractivity (Wildman–Crippen MR) is 92.7 cm³/mol. The molecule has 0 fully saturated rings. The van der Waals surface area contributed by atoms with Gasteiger partial charge in [0, 0.05) is 17.1 Å². The first-order valence-corrected chi connectivity index (χ1v) is 8.76. The highest BCUT2D eigenvalue weighted by Gasteiger charge is 2.10. The van der Waals surface area contributed by atoms with Crippen LogP contribution in [-0.2, 0) is 6.54 Å². The van der Waals surface area contributed by atoms with Crippen LogP contribution in [0.2, 0.25) is 10.0 Å². The second kappa shape index (κ2) is 11.2. The minimum Gasteiger partial charge on any atom is -0.492 e. The highest BCUT2D eigenvalue weighted by molar-refractivity contribution is 6.35. The van der Waals surface area contributed by atoms with Gasteiger partial charge in [0.1, 0.15) is 5.75 Å². The van der Waals surface area contributed by atoms with E-state index in [2.05, 4.69) is 12.2 Å². The monoisotopic (exact) mass is 331 g/mol. The van der Waals surface area contributed by atoms with Crippen molar-refractivity contribution in [1.82, 2.24) is 5.32 Å². The molecule has 1 aromatic rings. The molecule has 0 saturated heterocycles. The Hall–Kier alpha value is -0.440. The minimum absolute atomic E-state index is 0.584. The van der Waals surface area contributed by atoms with Crippen molar-refractivity contribution in [2.45, 2.75) is 58.9 Å². The lowest BCUT2D eigenvalue weighted by molar-refractivity contribution is 0.335. The van der Waals surface area contributed by atoms with Crippen LogP contribution >= 0.6 is 23.2 Å². The SMILES string of the molecule is CCCCCCCCNCc1cc(Cl)cc(Cl)c1OCC. The van der Waals surface area contributed by atoms with E-state index in [1.807, 2.05) is 13.0 Å². The van der Waals surface area contributed by atoms with Gasteiger partial charge >= 0.3 is 0 Å². The second-order valence-electron chi connectivity index (χ2n) is 5.25. The van der Waals surface area contributed by atoms with E-state index in [9.17, 15) is 0 Å². The molecule has 2 nitrogen and oxygen atoms in total. The average Bonchev–Trinajstić information content (AvgIpc) is 2.45. The van der Waals surface area contributed by atoms with Gasteiger partial charge in [-0.2, -0.15) is 0 Å². The fourth-order valence-electron chi connectivity index (χ4n) is 2.30. The van der Waals surface area contributed by atoms with Crippen molar-refractivity contribution in [3.63, 3.8) is 0 Å². The van der Waals surface area contributed by atoms with Gasteiger partial charge in [0.25, 0.3) is 0 Å². The maximum Gasteiger partial charge on any atom is 0.142 e. The Bertz CT molecular complexity index is 410. The van der Waals surface area contributed by atoms with Crippen LogP contribution in [0.15, 0.2) is 12.1 Å². The molecule has 0 aliphatic heterocycles. The van der Waals surface area contributed by atoms with Crippen LogP contribution in [0.4, 0.5) is 0 Å². The normalized spacial score (nSPS) is 10.9. The molecule has 4 heteroatoms. The molecule has 0 aliphatic rings. The number of unbranched alkanes of at least 4 members (excludes halogenated alkanes) is 5. The van der Waals surface area contributed by atoms with Crippen LogP contribution in [0.1, 0.15) is 57.9 Å². The zero-order valence-electron chi connectivity index (χ0n) is 13.2. The lowest BCUT2D eigenvalue weighted by atomic mass is 10.1. The number of benzene rings is 1. The zero-order chi connectivity index (χ0) is 15.5. The third-order valence-electron chi connectivity index (χ3n) is 3.40. The van der Waals surface area contributed by atoms with Crippen LogP contribution in [0.3, 0.4) is 0 Å². The molecule has 0 atom stereocenters. The van der Waals surface area contributed by atoms with Crippen molar-refractivity contribution in [2.75, 3.05) is 13.2 Å². The predicted octanol–water partition coefficient (Wildman–Crippen LogP) is 5.84. The molecule has 1 N–H and O–H groups in total. The van der Waals surface area contributed by atoms with E-state index in [4.69, 9.17) is 27.9 Å². The van der Waals surface area contributed by atoms with Gasteiger partial charge in [0.05, 0.1) is 11.6 Å². The Balaban J connectivity index is 2.34. The van der Waals surface area contributed by atoms with Gasteiger partial charge in [-0.1, -0.05) is 62.2 Å². The summed E-state index contributed by atoms with van der Waals surface area (Å²) in [6, 6.07) is 3.65. The number of hydrogen-bond donors (Lipinski definition) is 1. The first-order valence-electron chi connectivity index (χ1n) is 8.00. The lowest BCUT2D eigenvalue weighted by Crippen LogP contribution is -2.15. The van der Waals surface area contributed by atoms with Crippen molar-refractivity contribution in [2.24, 2.45) is 0 Å². The molecule has 0 radical (unpaired) electrons. The highest BCUT2D eigenvalue weighted by atomic mass is 35.5. The molecule has 0 aromatic heterocycles. The first kappa shape index (κ1) is 18.6. The Morgan fingerprint density at radius 2 is 1.71 bits per heavy atom. The van der Waals surface area contributed by atoms with E-state index in [0.717, 1.165) is 24.4 Å². The summed E-state index contributed by atoms with van der Waals surface area (Å²) >= 11 is 12.3. The van der Waals surface area contributed by atoms with Crippen LogP contribution in [0.25, 0.3) is 0 Å². The third kappa shape index (κ3) is 7.39. The highest BCUT2D eigenvalue weighted by Crippen LogP contribution is 2.32. The van der Waals surface area contributed by atoms with E-state index in [0.29, 0.717) is 16.7 Å². The molecule has 120 valence electrons. The van der Waals surface area contributed by atoms with Gasteiger partial charge in [-0.3, -0.25) is 0 Å². The fraction of sp³-hybridized carbons (Fsp3) is 0.647. The Morgan fingerprint density at radius 3 is 2.43 bits per heavy atom. The van der Waals surface area contributed by atoms with Gasteiger partial charge in [0.15, 0.2) is 0 Å². The maximum atomic E-state index is 6.19. The van der Waals surface area contributed by atoms with Gasteiger partial charge < -0.3 is 10.1 Å². The summed E-state index contributed by atoms with van der Waals surface area (Å²) in [4.78, 5) is 0. The Kier molecular flexibility index (Phi) is 9.90. The van der Waals surface area contributed by atoms with Crippen molar-refractivity contribution in [3.05, 3.63) is 27.7 Å². The number of rotatable bonds is 11. The number of nitrogens with one attached hydrogen (secondary N) is 1. The molecule has 21 heavy (non-hydrogen) atoms. The Labute approximate surface area is 139 Å². The van der Waals surface area contributed by atoms with Crippen LogP contribution in [0, 0.1) is 0 Å². The molecule has 1 aromatic carbocycles. The van der Waals surface area contributed by atoms with E-state index < -0.39 is 0 Å². The van der Waals surface area contributed by atoms with Crippen molar-refractivity contribution < 1.29 is 4.74 Å². The summed E-state index contributed by atoms with van der Waals surface area (Å²) in [7, 11) is 0. The van der Waals surface area contributed by atoms with Gasteiger partial charge in [0.2, 0.25) is 0 Å². The first-order chi connectivity index (χ1) is 10.2.